The Bertz CT molecular complexity index is 616. The number of halogens is 1. The Morgan fingerprint density at radius 2 is 2.00 bits per heavy atom. The fourth-order valence-corrected chi connectivity index (χ4v) is 2.14. The molecule has 0 aromatic heterocycles. The number of non-ortho nitro benzene ring substituents is 1. The van der Waals surface area contributed by atoms with E-state index in [4.69, 9.17) is 11.6 Å². The van der Waals surface area contributed by atoms with Crippen LogP contribution in [0.5, 0.6) is 0 Å². The van der Waals surface area contributed by atoms with E-state index in [0.29, 0.717) is 11.6 Å². The summed E-state index contributed by atoms with van der Waals surface area (Å²) < 4.78 is 0. The molecule has 104 valence electrons. The number of rotatable bonds is 5. The van der Waals surface area contributed by atoms with E-state index in [9.17, 15) is 10.1 Å². The molecule has 0 amide bonds. The molecule has 0 saturated heterocycles. The summed E-state index contributed by atoms with van der Waals surface area (Å²) in [6.45, 7) is 2.60. The number of nitrogens with one attached hydrogen (secondary N) is 1. The van der Waals surface area contributed by atoms with Gasteiger partial charge in [-0.1, -0.05) is 35.9 Å². The number of nitro groups is 1. The summed E-state index contributed by atoms with van der Waals surface area (Å²) in [4.78, 5) is 10.3. The van der Waals surface area contributed by atoms with Crippen LogP contribution in [0.1, 0.15) is 24.1 Å². The molecule has 0 aliphatic heterocycles. The van der Waals surface area contributed by atoms with E-state index in [1.165, 1.54) is 6.07 Å². The average molecular weight is 291 g/mol. The fourth-order valence-electron chi connectivity index (χ4n) is 1.94. The zero-order chi connectivity index (χ0) is 14.5. The smallest absolute Gasteiger partial charge is 0.269 e. The van der Waals surface area contributed by atoms with E-state index in [1.807, 2.05) is 37.3 Å². The van der Waals surface area contributed by atoms with Crippen molar-refractivity contribution < 1.29 is 4.92 Å². The van der Waals surface area contributed by atoms with Crippen molar-refractivity contribution in [3.05, 3.63) is 74.8 Å². The molecule has 2 aromatic carbocycles. The van der Waals surface area contributed by atoms with Crippen molar-refractivity contribution in [2.45, 2.75) is 19.5 Å². The van der Waals surface area contributed by atoms with Crippen LogP contribution in [-0.4, -0.2) is 4.92 Å². The summed E-state index contributed by atoms with van der Waals surface area (Å²) in [7, 11) is 0. The van der Waals surface area contributed by atoms with Crippen LogP contribution in [0.2, 0.25) is 5.02 Å². The zero-order valence-corrected chi connectivity index (χ0v) is 11.8. The quantitative estimate of drug-likeness (QED) is 0.666. The highest BCUT2D eigenvalue weighted by Gasteiger charge is 2.08. The van der Waals surface area contributed by atoms with Crippen molar-refractivity contribution in [2.75, 3.05) is 0 Å². The molecular formula is C15H15ClN2O2. The molecule has 0 radical (unpaired) electrons. The van der Waals surface area contributed by atoms with Crippen LogP contribution < -0.4 is 5.32 Å². The molecule has 0 heterocycles. The highest BCUT2D eigenvalue weighted by atomic mass is 35.5. The minimum atomic E-state index is -0.385. The Kier molecular flexibility index (Phi) is 4.71. The minimum absolute atomic E-state index is 0.111. The molecule has 1 N–H and O–H groups in total. The number of hydrogen-bond acceptors (Lipinski definition) is 3. The molecule has 20 heavy (non-hydrogen) atoms. The molecule has 0 saturated carbocycles. The van der Waals surface area contributed by atoms with Gasteiger partial charge in [0.1, 0.15) is 0 Å². The van der Waals surface area contributed by atoms with Gasteiger partial charge >= 0.3 is 0 Å². The van der Waals surface area contributed by atoms with Gasteiger partial charge in [-0.05, 0) is 30.2 Å². The van der Waals surface area contributed by atoms with Crippen LogP contribution >= 0.6 is 11.6 Å². The highest BCUT2D eigenvalue weighted by molar-refractivity contribution is 6.30. The largest absolute Gasteiger partial charge is 0.306 e. The molecule has 4 nitrogen and oxygen atoms in total. The van der Waals surface area contributed by atoms with Crippen molar-refractivity contribution in [1.82, 2.24) is 5.32 Å². The first kappa shape index (κ1) is 14.5. The molecule has 0 bridgehead atoms. The molecule has 5 heteroatoms. The molecule has 2 rings (SSSR count). The zero-order valence-electron chi connectivity index (χ0n) is 11.0. The molecule has 1 atom stereocenters. The first-order valence-electron chi connectivity index (χ1n) is 6.28. The third-order valence-electron chi connectivity index (χ3n) is 3.08. The van der Waals surface area contributed by atoms with Crippen molar-refractivity contribution in [3.63, 3.8) is 0 Å². The van der Waals surface area contributed by atoms with Gasteiger partial charge in [-0.2, -0.15) is 0 Å². The summed E-state index contributed by atoms with van der Waals surface area (Å²) in [6, 6.07) is 14.4. The number of nitro benzene ring substituents is 1. The lowest BCUT2D eigenvalue weighted by atomic mass is 10.1. The van der Waals surface area contributed by atoms with Crippen LogP contribution in [0.3, 0.4) is 0 Å². The predicted molar refractivity (Wildman–Crippen MR) is 79.8 cm³/mol. The average Bonchev–Trinajstić information content (AvgIpc) is 2.45. The molecular weight excluding hydrogens is 276 g/mol. The van der Waals surface area contributed by atoms with Crippen molar-refractivity contribution in [3.8, 4) is 0 Å². The van der Waals surface area contributed by atoms with E-state index in [2.05, 4.69) is 5.32 Å². The molecule has 0 aliphatic rings. The number of nitrogens with zero attached hydrogens (tertiary/aromatic N) is 1. The maximum Gasteiger partial charge on any atom is 0.269 e. The first-order chi connectivity index (χ1) is 9.56. The Morgan fingerprint density at radius 1 is 1.25 bits per heavy atom. The van der Waals surface area contributed by atoms with E-state index in [1.54, 1.807) is 12.1 Å². The number of hydrogen-bond donors (Lipinski definition) is 1. The third-order valence-corrected chi connectivity index (χ3v) is 3.32. The Labute approximate surface area is 122 Å². The van der Waals surface area contributed by atoms with Crippen molar-refractivity contribution in [1.29, 1.82) is 0 Å². The standard InChI is InChI=1S/C15H15ClN2O2/c1-11(13-5-3-6-14(16)9-13)17-10-12-4-2-7-15(8-12)18(19)20/h2-9,11,17H,10H2,1H3/t11-/m1/s1. The summed E-state index contributed by atoms with van der Waals surface area (Å²) in [5.74, 6) is 0. The summed E-state index contributed by atoms with van der Waals surface area (Å²) in [5.41, 5.74) is 2.08. The fraction of sp³-hybridized carbons (Fsp3) is 0.200. The molecule has 0 aliphatic carbocycles. The van der Waals surface area contributed by atoms with Gasteiger partial charge in [0.2, 0.25) is 0 Å². The lowest BCUT2D eigenvalue weighted by Gasteiger charge is -2.14. The van der Waals surface area contributed by atoms with Gasteiger partial charge in [-0.25, -0.2) is 0 Å². The maximum atomic E-state index is 10.7. The van der Waals surface area contributed by atoms with Crippen molar-refractivity contribution in [2.24, 2.45) is 0 Å². The van der Waals surface area contributed by atoms with Gasteiger partial charge in [0.15, 0.2) is 0 Å². The molecule has 0 fully saturated rings. The second-order valence-corrected chi connectivity index (χ2v) is 5.02. The van der Waals surface area contributed by atoms with E-state index >= 15 is 0 Å². The molecule has 2 aromatic rings. The van der Waals surface area contributed by atoms with Crippen LogP contribution in [0.4, 0.5) is 5.69 Å². The van der Waals surface area contributed by atoms with Crippen LogP contribution in [-0.2, 0) is 6.54 Å². The highest BCUT2D eigenvalue weighted by Crippen LogP contribution is 2.18. The first-order valence-corrected chi connectivity index (χ1v) is 6.66. The van der Waals surface area contributed by atoms with Gasteiger partial charge in [0, 0.05) is 29.7 Å². The van der Waals surface area contributed by atoms with Crippen LogP contribution in [0.25, 0.3) is 0 Å². The molecule has 0 spiro atoms. The summed E-state index contributed by atoms with van der Waals surface area (Å²) in [6.07, 6.45) is 0. The molecule has 0 unspecified atom stereocenters. The monoisotopic (exact) mass is 290 g/mol. The SMILES string of the molecule is C[C@@H](NCc1cccc([N+](=O)[O-])c1)c1cccc(Cl)c1. The van der Waals surface area contributed by atoms with Gasteiger partial charge in [-0.3, -0.25) is 10.1 Å². The van der Waals surface area contributed by atoms with Crippen LogP contribution in [0.15, 0.2) is 48.5 Å². The normalized spacial score (nSPS) is 12.1. The third kappa shape index (κ3) is 3.79. The van der Waals surface area contributed by atoms with Crippen molar-refractivity contribution >= 4 is 17.3 Å². The topological polar surface area (TPSA) is 55.2 Å². The predicted octanol–water partition coefficient (Wildman–Crippen LogP) is 4.10. The summed E-state index contributed by atoms with van der Waals surface area (Å²) in [5, 5.41) is 14.7. The Morgan fingerprint density at radius 3 is 2.70 bits per heavy atom. The van der Waals surface area contributed by atoms with E-state index in [-0.39, 0.29) is 16.7 Å². The lowest BCUT2D eigenvalue weighted by Crippen LogP contribution is -2.18. The Balaban J connectivity index is 2.01. The van der Waals surface area contributed by atoms with E-state index in [0.717, 1.165) is 11.1 Å². The summed E-state index contributed by atoms with van der Waals surface area (Å²) >= 11 is 5.96. The van der Waals surface area contributed by atoms with Gasteiger partial charge in [0.05, 0.1) is 4.92 Å². The second kappa shape index (κ2) is 6.50. The maximum absolute atomic E-state index is 10.7. The second-order valence-electron chi connectivity index (χ2n) is 4.58. The van der Waals surface area contributed by atoms with Gasteiger partial charge in [0.25, 0.3) is 5.69 Å². The lowest BCUT2D eigenvalue weighted by molar-refractivity contribution is -0.384. The Hall–Kier alpha value is -1.91. The number of benzene rings is 2. The van der Waals surface area contributed by atoms with E-state index < -0.39 is 0 Å². The van der Waals surface area contributed by atoms with Gasteiger partial charge < -0.3 is 5.32 Å². The minimum Gasteiger partial charge on any atom is -0.306 e. The van der Waals surface area contributed by atoms with Gasteiger partial charge in [-0.15, -0.1) is 0 Å². The van der Waals surface area contributed by atoms with Crippen LogP contribution in [0, 0.1) is 10.1 Å².